The third-order valence-corrected chi connectivity index (χ3v) is 4.10. The summed E-state index contributed by atoms with van der Waals surface area (Å²) in [6, 6.07) is 9.71. The zero-order valence-corrected chi connectivity index (χ0v) is 14.7. The molecule has 0 bridgehead atoms. The van der Waals surface area contributed by atoms with E-state index >= 15 is 0 Å². The van der Waals surface area contributed by atoms with Gasteiger partial charge < -0.3 is 19.9 Å². The molecule has 1 aliphatic rings. The van der Waals surface area contributed by atoms with Gasteiger partial charge in [-0.15, -0.1) is 0 Å². The van der Waals surface area contributed by atoms with Crippen molar-refractivity contribution in [3.05, 3.63) is 58.7 Å². The van der Waals surface area contributed by atoms with Crippen molar-refractivity contribution in [3.8, 4) is 11.5 Å². The topological polar surface area (TPSA) is 84.9 Å². The van der Waals surface area contributed by atoms with Gasteiger partial charge in [-0.05, 0) is 37.1 Å². The number of fused-ring (bicyclic) bond motifs is 1. The summed E-state index contributed by atoms with van der Waals surface area (Å²) in [5, 5.41) is 12.1. The number of nitrogens with one attached hydrogen (secondary N) is 1. The SMILES string of the molecule is Cc1cc(C)cc(C(NC(=O)Cc2ccc3c(c2)OCCO3)C(=O)O)c1. The van der Waals surface area contributed by atoms with Crippen LogP contribution in [0.25, 0.3) is 0 Å². The van der Waals surface area contributed by atoms with E-state index in [-0.39, 0.29) is 12.3 Å². The number of carbonyl (C=O) groups is 2. The Bertz CT molecular complexity index is 826. The van der Waals surface area contributed by atoms with Crippen molar-refractivity contribution in [2.75, 3.05) is 13.2 Å². The van der Waals surface area contributed by atoms with Crippen LogP contribution < -0.4 is 14.8 Å². The van der Waals surface area contributed by atoms with Crippen LogP contribution in [0.2, 0.25) is 0 Å². The number of hydrogen-bond donors (Lipinski definition) is 2. The van der Waals surface area contributed by atoms with Gasteiger partial charge in [-0.1, -0.05) is 35.4 Å². The van der Waals surface area contributed by atoms with Crippen molar-refractivity contribution >= 4 is 11.9 Å². The Kier molecular flexibility index (Phi) is 5.11. The smallest absolute Gasteiger partial charge is 0.330 e. The fourth-order valence-electron chi connectivity index (χ4n) is 3.06. The Morgan fingerprint density at radius 2 is 1.69 bits per heavy atom. The highest BCUT2D eigenvalue weighted by molar-refractivity contribution is 5.86. The average Bonchev–Trinajstić information content (AvgIpc) is 2.58. The molecule has 0 saturated carbocycles. The third-order valence-electron chi connectivity index (χ3n) is 4.10. The third kappa shape index (κ3) is 4.14. The van der Waals surface area contributed by atoms with Gasteiger partial charge in [-0.2, -0.15) is 0 Å². The molecule has 136 valence electrons. The second-order valence-corrected chi connectivity index (χ2v) is 6.41. The lowest BCUT2D eigenvalue weighted by molar-refractivity contribution is -0.141. The van der Waals surface area contributed by atoms with Gasteiger partial charge in [0.15, 0.2) is 17.5 Å². The molecule has 3 rings (SSSR count). The number of hydrogen-bond acceptors (Lipinski definition) is 4. The summed E-state index contributed by atoms with van der Waals surface area (Å²) in [6.07, 6.45) is 0.0607. The maximum absolute atomic E-state index is 12.4. The van der Waals surface area contributed by atoms with Crippen LogP contribution in [0, 0.1) is 13.8 Å². The normalized spacial score (nSPS) is 13.8. The number of carbonyl (C=O) groups excluding carboxylic acids is 1. The second kappa shape index (κ2) is 7.47. The molecule has 1 aliphatic heterocycles. The van der Waals surface area contributed by atoms with Crippen LogP contribution >= 0.6 is 0 Å². The molecule has 0 radical (unpaired) electrons. The number of benzene rings is 2. The van der Waals surface area contributed by atoms with E-state index in [0.29, 0.717) is 30.3 Å². The van der Waals surface area contributed by atoms with Gasteiger partial charge in [-0.25, -0.2) is 4.79 Å². The standard InChI is InChI=1S/C20H21NO5/c1-12-7-13(2)9-15(8-12)19(20(23)24)21-18(22)11-14-3-4-16-17(10-14)26-6-5-25-16/h3-4,7-10,19H,5-6,11H2,1-2H3,(H,21,22)(H,23,24). The van der Waals surface area contributed by atoms with Crippen LogP contribution in [0.5, 0.6) is 11.5 Å². The minimum atomic E-state index is -1.09. The van der Waals surface area contributed by atoms with Gasteiger partial charge >= 0.3 is 5.97 Å². The number of aryl methyl sites for hydroxylation is 2. The Balaban J connectivity index is 1.73. The quantitative estimate of drug-likeness (QED) is 0.861. The van der Waals surface area contributed by atoms with E-state index in [0.717, 1.165) is 16.7 Å². The molecule has 1 heterocycles. The maximum atomic E-state index is 12.4. The molecule has 2 N–H and O–H groups in total. The molecule has 26 heavy (non-hydrogen) atoms. The molecule has 6 heteroatoms. The first-order chi connectivity index (χ1) is 12.4. The zero-order chi connectivity index (χ0) is 18.7. The maximum Gasteiger partial charge on any atom is 0.330 e. The first-order valence-electron chi connectivity index (χ1n) is 8.41. The van der Waals surface area contributed by atoms with Gasteiger partial charge in [0.2, 0.25) is 5.91 Å². The van der Waals surface area contributed by atoms with E-state index < -0.39 is 12.0 Å². The number of aliphatic carboxylic acids is 1. The number of carboxylic acid groups (broad SMARTS) is 1. The van der Waals surface area contributed by atoms with E-state index in [9.17, 15) is 14.7 Å². The zero-order valence-electron chi connectivity index (χ0n) is 14.7. The molecule has 0 fully saturated rings. The molecule has 2 aromatic carbocycles. The van der Waals surface area contributed by atoms with Gasteiger partial charge in [0, 0.05) is 0 Å². The fourth-order valence-corrected chi connectivity index (χ4v) is 3.06. The van der Waals surface area contributed by atoms with Crippen molar-refractivity contribution in [1.29, 1.82) is 0 Å². The van der Waals surface area contributed by atoms with Crippen molar-refractivity contribution in [2.45, 2.75) is 26.3 Å². The lowest BCUT2D eigenvalue weighted by Crippen LogP contribution is -2.34. The fraction of sp³-hybridized carbons (Fsp3) is 0.300. The predicted octanol–water partition coefficient (Wildman–Crippen LogP) is 2.56. The van der Waals surface area contributed by atoms with Crippen LogP contribution in [0.1, 0.15) is 28.3 Å². The highest BCUT2D eigenvalue weighted by Gasteiger charge is 2.23. The van der Waals surface area contributed by atoms with Crippen LogP contribution in [0.4, 0.5) is 0 Å². The van der Waals surface area contributed by atoms with Gasteiger partial charge in [0.1, 0.15) is 13.2 Å². The summed E-state index contributed by atoms with van der Waals surface area (Å²) >= 11 is 0. The Labute approximate surface area is 151 Å². The number of amides is 1. The van der Waals surface area contributed by atoms with Crippen LogP contribution in [0.3, 0.4) is 0 Å². The largest absolute Gasteiger partial charge is 0.486 e. The van der Waals surface area contributed by atoms with Crippen LogP contribution in [-0.4, -0.2) is 30.2 Å². The Morgan fingerprint density at radius 3 is 2.35 bits per heavy atom. The van der Waals surface area contributed by atoms with Gasteiger partial charge in [0.05, 0.1) is 6.42 Å². The molecule has 0 aromatic heterocycles. The van der Waals surface area contributed by atoms with Crippen LogP contribution in [-0.2, 0) is 16.0 Å². The van der Waals surface area contributed by atoms with Crippen molar-refractivity contribution in [2.24, 2.45) is 0 Å². The Morgan fingerprint density at radius 1 is 1.04 bits per heavy atom. The first-order valence-corrected chi connectivity index (χ1v) is 8.41. The molecule has 2 aromatic rings. The first kappa shape index (κ1) is 17.8. The Hall–Kier alpha value is -3.02. The van der Waals surface area contributed by atoms with Crippen molar-refractivity contribution in [3.63, 3.8) is 0 Å². The van der Waals surface area contributed by atoms with E-state index in [1.54, 1.807) is 30.3 Å². The number of carboxylic acids is 1. The summed E-state index contributed by atoms with van der Waals surface area (Å²) in [5.41, 5.74) is 3.20. The van der Waals surface area contributed by atoms with E-state index in [1.807, 2.05) is 19.9 Å². The minimum Gasteiger partial charge on any atom is -0.486 e. The second-order valence-electron chi connectivity index (χ2n) is 6.41. The lowest BCUT2D eigenvalue weighted by atomic mass is 10.0. The van der Waals surface area contributed by atoms with Gasteiger partial charge in [-0.3, -0.25) is 4.79 Å². The number of rotatable bonds is 5. The summed E-state index contributed by atoms with van der Waals surface area (Å²) in [5.74, 6) is -0.205. The molecular weight excluding hydrogens is 334 g/mol. The van der Waals surface area contributed by atoms with Crippen molar-refractivity contribution in [1.82, 2.24) is 5.32 Å². The minimum absolute atomic E-state index is 0.0607. The molecular formula is C20H21NO5. The average molecular weight is 355 g/mol. The van der Waals surface area contributed by atoms with Crippen LogP contribution in [0.15, 0.2) is 36.4 Å². The molecule has 6 nitrogen and oxygen atoms in total. The summed E-state index contributed by atoms with van der Waals surface area (Å²) in [4.78, 5) is 24.0. The lowest BCUT2D eigenvalue weighted by Gasteiger charge is -2.19. The molecule has 0 saturated heterocycles. The summed E-state index contributed by atoms with van der Waals surface area (Å²) in [6.45, 7) is 4.76. The summed E-state index contributed by atoms with van der Waals surface area (Å²) in [7, 11) is 0. The van der Waals surface area contributed by atoms with Gasteiger partial charge in [0.25, 0.3) is 0 Å². The molecule has 1 amide bonds. The molecule has 1 unspecified atom stereocenters. The predicted molar refractivity (Wildman–Crippen MR) is 95.6 cm³/mol. The van der Waals surface area contributed by atoms with E-state index in [2.05, 4.69) is 5.32 Å². The van der Waals surface area contributed by atoms with Crippen molar-refractivity contribution < 1.29 is 24.2 Å². The highest BCUT2D eigenvalue weighted by Crippen LogP contribution is 2.31. The molecule has 0 spiro atoms. The summed E-state index contributed by atoms with van der Waals surface area (Å²) < 4.78 is 11.0. The van der Waals surface area contributed by atoms with E-state index in [4.69, 9.17) is 9.47 Å². The molecule has 1 atom stereocenters. The number of ether oxygens (including phenoxy) is 2. The molecule has 0 aliphatic carbocycles. The monoisotopic (exact) mass is 355 g/mol. The highest BCUT2D eigenvalue weighted by atomic mass is 16.6. The van der Waals surface area contributed by atoms with E-state index in [1.165, 1.54) is 0 Å².